The molecule has 3 unspecified atom stereocenters. The second kappa shape index (κ2) is 11.0. The largest absolute Gasteiger partial charge is 0.530 e. The van der Waals surface area contributed by atoms with Gasteiger partial charge in [-0.1, -0.05) is 55.4 Å². The van der Waals surface area contributed by atoms with Crippen LogP contribution in [0.1, 0.15) is 91.1 Å². The van der Waals surface area contributed by atoms with Crippen LogP contribution in [0.5, 0.6) is 5.75 Å². The summed E-state index contributed by atoms with van der Waals surface area (Å²) >= 11 is 0. The Morgan fingerprint density at radius 2 is 1.71 bits per heavy atom. The molecule has 2 aromatic rings. The fourth-order valence-corrected chi connectivity index (χ4v) is 5.49. The Bertz CT molecular complexity index is 1340. The number of phosphoric ester groups is 1. The molecule has 3 atom stereocenters. The van der Waals surface area contributed by atoms with Gasteiger partial charge in [-0.2, -0.15) is 4.39 Å². The summed E-state index contributed by atoms with van der Waals surface area (Å²) in [7, 11) is -4.11. The number of benzene rings is 1. The van der Waals surface area contributed by atoms with Crippen molar-refractivity contribution in [2.24, 2.45) is 0 Å². The second-order valence-corrected chi connectivity index (χ2v) is 12.7. The number of hydrogen-bond acceptors (Lipinski definition) is 7. The molecule has 1 N–H and O–H groups in total. The summed E-state index contributed by atoms with van der Waals surface area (Å²) in [5.74, 6) is -1.41. The zero-order valence-corrected chi connectivity index (χ0v) is 24.0. The Morgan fingerprint density at radius 3 is 2.32 bits per heavy atom. The van der Waals surface area contributed by atoms with Crippen molar-refractivity contribution < 1.29 is 31.7 Å². The fourth-order valence-electron chi connectivity index (χ4n) is 4.24. The Morgan fingerprint density at radius 1 is 1.08 bits per heavy atom. The van der Waals surface area contributed by atoms with Gasteiger partial charge in [0.05, 0.1) is 31.1 Å². The lowest BCUT2D eigenvalue weighted by atomic mass is 9.78. The molecule has 1 aromatic carbocycles. The molecule has 4 rings (SSSR count). The fraction of sp³-hybridized carbons (Fsp3) is 0.615. The molecule has 1 saturated heterocycles. The monoisotopic (exact) mass is 558 g/mol. The van der Waals surface area contributed by atoms with Crippen LogP contribution in [-0.2, 0) is 35.8 Å². The van der Waals surface area contributed by atoms with Crippen molar-refractivity contribution in [3.05, 3.63) is 61.4 Å². The first-order chi connectivity index (χ1) is 17.6. The van der Waals surface area contributed by atoms with Crippen molar-refractivity contribution in [3.8, 4) is 5.75 Å². The number of halogens is 2. The topological polar surface area (TPSA) is 109 Å². The van der Waals surface area contributed by atoms with Gasteiger partial charge in [0.15, 0.2) is 0 Å². The minimum Gasteiger partial charge on any atom is -0.403 e. The summed E-state index contributed by atoms with van der Waals surface area (Å²) in [6.45, 7) is 15.1. The molecule has 12 heteroatoms. The van der Waals surface area contributed by atoms with Crippen LogP contribution in [0.4, 0.5) is 8.78 Å². The standard InChI is InChI=1S/C24H31F2N2O7P.C2H6/c1-23(2,3)15-9-16(24(4,5)6)20-14(19(15)26)12-33-36(31,35-20)32-11-13-7-8-18(34-13)28-10-17(25)21(29)27-22(28)30;1-2/h9-10,13,18H,7-8,11-12H2,1-6H3,(H,27,29,30);1-2H3. The molecule has 1 fully saturated rings. The van der Waals surface area contributed by atoms with E-state index < -0.39 is 53.9 Å². The highest BCUT2D eigenvalue weighted by atomic mass is 31.2. The number of nitrogens with zero attached hydrogens (tertiary/aromatic N) is 1. The first kappa shape index (κ1) is 30.2. The second-order valence-electron chi connectivity index (χ2n) is 11.1. The Hall–Kier alpha value is -2.33. The van der Waals surface area contributed by atoms with E-state index in [0.29, 0.717) is 24.0 Å². The number of H-pyrrole nitrogens is 1. The number of rotatable bonds is 4. The predicted octanol–water partition coefficient (Wildman–Crippen LogP) is 5.85. The molecule has 0 amide bonds. The van der Waals surface area contributed by atoms with E-state index in [9.17, 15) is 18.5 Å². The third kappa shape index (κ3) is 6.28. The molecule has 0 radical (unpaired) electrons. The summed E-state index contributed by atoms with van der Waals surface area (Å²) in [4.78, 5) is 25.1. The number of nitrogens with one attached hydrogen (secondary N) is 1. The zero-order valence-electron chi connectivity index (χ0n) is 23.1. The van der Waals surface area contributed by atoms with Gasteiger partial charge in [-0.25, -0.2) is 13.8 Å². The zero-order chi connectivity index (χ0) is 28.6. The van der Waals surface area contributed by atoms with Crippen LogP contribution in [-0.4, -0.2) is 22.3 Å². The lowest BCUT2D eigenvalue weighted by Crippen LogP contribution is -2.34. The van der Waals surface area contributed by atoms with Crippen LogP contribution in [0.15, 0.2) is 21.9 Å². The molecule has 38 heavy (non-hydrogen) atoms. The van der Waals surface area contributed by atoms with Crippen molar-refractivity contribution in [2.45, 2.75) is 98.0 Å². The van der Waals surface area contributed by atoms with E-state index in [0.717, 1.165) is 10.8 Å². The van der Waals surface area contributed by atoms with Crippen molar-refractivity contribution in [2.75, 3.05) is 6.61 Å². The number of aromatic amines is 1. The molecule has 2 aliphatic heterocycles. The van der Waals surface area contributed by atoms with E-state index in [1.165, 1.54) is 0 Å². The molecule has 3 heterocycles. The first-order valence-corrected chi connectivity index (χ1v) is 14.2. The van der Waals surface area contributed by atoms with Crippen molar-refractivity contribution in [1.82, 2.24) is 9.55 Å². The average Bonchev–Trinajstić information content (AvgIpc) is 3.29. The maximum Gasteiger partial charge on any atom is 0.530 e. The van der Waals surface area contributed by atoms with Gasteiger partial charge in [-0.3, -0.25) is 23.4 Å². The van der Waals surface area contributed by atoms with E-state index in [2.05, 4.69) is 0 Å². The van der Waals surface area contributed by atoms with E-state index >= 15 is 4.39 Å². The minimum atomic E-state index is -4.11. The lowest BCUT2D eigenvalue weighted by Gasteiger charge is -2.33. The number of aromatic nitrogens is 2. The third-order valence-electron chi connectivity index (χ3n) is 6.23. The SMILES string of the molecule is CC.CC(C)(C)c1cc(C(C)(C)C)c2c(c1F)COP(=O)(OCC1CCC(n3cc(F)c(=O)[nH]c3=O)O1)O2. The van der Waals surface area contributed by atoms with Gasteiger partial charge >= 0.3 is 13.5 Å². The Labute approximate surface area is 221 Å². The van der Waals surface area contributed by atoms with Gasteiger partial charge in [0, 0.05) is 5.56 Å². The summed E-state index contributed by atoms with van der Waals surface area (Å²) in [5.41, 5.74) is -1.44. The van der Waals surface area contributed by atoms with Crippen LogP contribution >= 0.6 is 7.82 Å². The van der Waals surface area contributed by atoms with Crippen molar-refractivity contribution in [1.29, 1.82) is 0 Å². The highest BCUT2D eigenvalue weighted by Crippen LogP contribution is 2.58. The van der Waals surface area contributed by atoms with E-state index in [4.69, 9.17) is 18.3 Å². The Balaban J connectivity index is 0.00000195. The predicted molar refractivity (Wildman–Crippen MR) is 139 cm³/mol. The minimum absolute atomic E-state index is 0.156. The summed E-state index contributed by atoms with van der Waals surface area (Å²) in [6, 6.07) is 1.75. The van der Waals surface area contributed by atoms with Crippen LogP contribution in [0.25, 0.3) is 0 Å². The van der Waals surface area contributed by atoms with E-state index in [1.54, 1.807) is 6.07 Å². The lowest BCUT2D eigenvalue weighted by molar-refractivity contribution is -0.0269. The van der Waals surface area contributed by atoms with Crippen molar-refractivity contribution in [3.63, 3.8) is 0 Å². The Kier molecular flexibility index (Phi) is 8.78. The van der Waals surface area contributed by atoms with Crippen LogP contribution < -0.4 is 15.8 Å². The smallest absolute Gasteiger partial charge is 0.403 e. The van der Waals surface area contributed by atoms with Gasteiger partial charge in [-0.05, 0) is 35.3 Å². The van der Waals surface area contributed by atoms with Crippen LogP contribution in [0.2, 0.25) is 0 Å². The number of fused-ring (bicyclic) bond motifs is 1. The maximum absolute atomic E-state index is 15.4. The molecule has 0 aliphatic carbocycles. The normalized spacial score (nSPS) is 23.3. The molecular weight excluding hydrogens is 521 g/mol. The average molecular weight is 559 g/mol. The molecule has 0 saturated carbocycles. The molecule has 0 bridgehead atoms. The van der Waals surface area contributed by atoms with Gasteiger partial charge in [0.2, 0.25) is 5.82 Å². The van der Waals surface area contributed by atoms with Crippen molar-refractivity contribution >= 4 is 7.82 Å². The van der Waals surface area contributed by atoms with Crippen LogP contribution in [0.3, 0.4) is 0 Å². The highest BCUT2D eigenvalue weighted by molar-refractivity contribution is 7.49. The van der Waals surface area contributed by atoms with Gasteiger partial charge in [0.1, 0.15) is 17.8 Å². The molecule has 2 aliphatic rings. The van der Waals surface area contributed by atoms with Gasteiger partial charge in [0.25, 0.3) is 5.56 Å². The maximum atomic E-state index is 15.4. The number of phosphoric acid groups is 1. The summed E-state index contributed by atoms with van der Waals surface area (Å²) < 4.78 is 65.7. The number of ether oxygens (including phenoxy) is 1. The quantitative estimate of drug-likeness (QED) is 0.469. The summed E-state index contributed by atoms with van der Waals surface area (Å²) in [5, 5.41) is 0. The summed E-state index contributed by atoms with van der Waals surface area (Å²) in [6.07, 6.45) is 0.104. The van der Waals surface area contributed by atoms with Gasteiger partial charge in [-0.15, -0.1) is 0 Å². The number of hydrogen-bond donors (Lipinski definition) is 1. The highest BCUT2D eigenvalue weighted by Gasteiger charge is 2.41. The molecule has 1 aromatic heterocycles. The first-order valence-electron chi connectivity index (χ1n) is 12.7. The third-order valence-corrected chi connectivity index (χ3v) is 7.55. The molecular formula is C26H37F2N2O7P. The van der Waals surface area contributed by atoms with Crippen LogP contribution in [0, 0.1) is 11.6 Å². The molecule has 212 valence electrons. The van der Waals surface area contributed by atoms with E-state index in [-0.39, 0.29) is 24.5 Å². The van der Waals surface area contributed by atoms with Gasteiger partial charge < -0.3 is 9.26 Å². The van der Waals surface area contributed by atoms with E-state index in [1.807, 2.05) is 60.4 Å². The molecule has 9 nitrogen and oxygen atoms in total. The molecule has 0 spiro atoms.